The van der Waals surface area contributed by atoms with Gasteiger partial charge >= 0.3 is 11.9 Å². The van der Waals surface area contributed by atoms with Crippen molar-refractivity contribution in [1.29, 1.82) is 0 Å². The summed E-state index contributed by atoms with van der Waals surface area (Å²) in [5.74, 6) is -1.19. The van der Waals surface area contributed by atoms with Crippen molar-refractivity contribution in [3.8, 4) is 0 Å². The van der Waals surface area contributed by atoms with Gasteiger partial charge in [0.25, 0.3) is 0 Å². The van der Waals surface area contributed by atoms with E-state index < -0.39 is 12.0 Å². The van der Waals surface area contributed by atoms with Gasteiger partial charge in [-0.05, 0) is 18.4 Å². The predicted molar refractivity (Wildman–Crippen MR) is 101 cm³/mol. The SMILES string of the molecule is COC(=O)C1C/C=C/CC(C(=O)OC)N(Cc2ccccc2)CCC(=O)C1. The zero-order chi connectivity index (χ0) is 19.6. The number of methoxy groups -OCH3 is 2. The fourth-order valence-electron chi connectivity index (χ4n) is 3.25. The number of carbonyl (C=O) groups excluding carboxylic acids is 3. The highest BCUT2D eigenvalue weighted by Gasteiger charge is 2.28. The molecule has 1 heterocycles. The summed E-state index contributed by atoms with van der Waals surface area (Å²) in [7, 11) is 2.70. The topological polar surface area (TPSA) is 72.9 Å². The van der Waals surface area contributed by atoms with Gasteiger partial charge in [-0.1, -0.05) is 42.5 Å². The molecule has 0 saturated heterocycles. The van der Waals surface area contributed by atoms with Gasteiger partial charge in [0.15, 0.2) is 0 Å². The summed E-state index contributed by atoms with van der Waals surface area (Å²) in [6, 6.07) is 9.33. The molecule has 0 amide bonds. The zero-order valence-corrected chi connectivity index (χ0v) is 15.9. The molecule has 0 fully saturated rings. The van der Waals surface area contributed by atoms with Crippen molar-refractivity contribution in [2.45, 2.75) is 38.3 Å². The molecule has 27 heavy (non-hydrogen) atoms. The number of hydrogen-bond acceptors (Lipinski definition) is 6. The summed E-state index contributed by atoms with van der Waals surface area (Å²) >= 11 is 0. The van der Waals surface area contributed by atoms with Gasteiger partial charge in [0, 0.05) is 25.9 Å². The van der Waals surface area contributed by atoms with Crippen molar-refractivity contribution in [2.75, 3.05) is 20.8 Å². The summed E-state index contributed by atoms with van der Waals surface area (Å²) in [4.78, 5) is 38.6. The standard InChI is InChI=1S/C21H27NO5/c1-26-20(24)17-10-6-7-11-19(21(25)27-2)22(13-12-18(23)14-17)15-16-8-4-3-5-9-16/h3-9,17,19H,10-15H2,1-2H3/b7-6+. The minimum absolute atomic E-state index is 0.0117. The van der Waals surface area contributed by atoms with E-state index in [4.69, 9.17) is 9.47 Å². The fourth-order valence-corrected chi connectivity index (χ4v) is 3.25. The second-order valence-electron chi connectivity index (χ2n) is 6.65. The quantitative estimate of drug-likeness (QED) is 0.596. The maximum Gasteiger partial charge on any atom is 0.323 e. The monoisotopic (exact) mass is 373 g/mol. The van der Waals surface area contributed by atoms with Crippen LogP contribution in [0, 0.1) is 5.92 Å². The summed E-state index contributed by atoms with van der Waals surface area (Å²) in [6.45, 7) is 0.970. The van der Waals surface area contributed by atoms with E-state index in [0.717, 1.165) is 5.56 Å². The van der Waals surface area contributed by atoms with Crippen LogP contribution >= 0.6 is 0 Å². The Morgan fingerprint density at radius 2 is 1.70 bits per heavy atom. The van der Waals surface area contributed by atoms with Crippen LogP contribution in [0.3, 0.4) is 0 Å². The van der Waals surface area contributed by atoms with E-state index in [1.165, 1.54) is 14.2 Å². The van der Waals surface area contributed by atoms with Crippen molar-refractivity contribution in [3.63, 3.8) is 0 Å². The van der Waals surface area contributed by atoms with Gasteiger partial charge in [0.05, 0.1) is 20.1 Å². The molecule has 146 valence electrons. The number of esters is 2. The number of allylic oxidation sites excluding steroid dienone is 1. The Hall–Kier alpha value is -2.47. The largest absolute Gasteiger partial charge is 0.469 e. The van der Waals surface area contributed by atoms with Crippen LogP contribution in [0.15, 0.2) is 42.5 Å². The van der Waals surface area contributed by atoms with Gasteiger partial charge in [-0.25, -0.2) is 0 Å². The number of nitrogens with zero attached hydrogens (tertiary/aromatic N) is 1. The van der Waals surface area contributed by atoms with E-state index in [1.54, 1.807) is 0 Å². The smallest absolute Gasteiger partial charge is 0.323 e. The second kappa shape index (κ2) is 10.6. The summed E-state index contributed by atoms with van der Waals surface area (Å²) in [5, 5.41) is 0. The minimum atomic E-state index is -0.478. The molecule has 6 nitrogen and oxygen atoms in total. The number of hydrogen-bond donors (Lipinski definition) is 0. The Morgan fingerprint density at radius 3 is 2.37 bits per heavy atom. The minimum Gasteiger partial charge on any atom is -0.469 e. The molecule has 1 aromatic carbocycles. The maximum absolute atomic E-state index is 12.4. The van der Waals surface area contributed by atoms with Crippen LogP contribution in [0.5, 0.6) is 0 Å². The van der Waals surface area contributed by atoms with E-state index in [0.29, 0.717) is 25.9 Å². The highest BCUT2D eigenvalue weighted by molar-refractivity contribution is 5.84. The van der Waals surface area contributed by atoms with E-state index in [9.17, 15) is 14.4 Å². The van der Waals surface area contributed by atoms with Crippen LogP contribution in [-0.2, 0) is 30.4 Å². The molecule has 2 unspecified atom stereocenters. The van der Waals surface area contributed by atoms with Gasteiger partial charge in [-0.2, -0.15) is 0 Å². The first kappa shape index (κ1) is 20.8. The third kappa shape index (κ3) is 6.32. The van der Waals surface area contributed by atoms with Crippen LogP contribution in [0.4, 0.5) is 0 Å². The van der Waals surface area contributed by atoms with Crippen molar-refractivity contribution in [1.82, 2.24) is 4.90 Å². The molecule has 0 saturated carbocycles. The number of Topliss-reactive ketones (excluding diaryl/α,β-unsaturated/α-hetero) is 1. The summed E-state index contributed by atoms with van der Waals surface area (Å²) in [5.41, 5.74) is 1.06. The average molecular weight is 373 g/mol. The van der Waals surface area contributed by atoms with E-state index in [1.807, 2.05) is 47.4 Å². The number of ketones is 1. The lowest BCUT2D eigenvalue weighted by atomic mass is 9.97. The average Bonchev–Trinajstić information content (AvgIpc) is 2.72. The molecule has 2 atom stereocenters. The first-order valence-corrected chi connectivity index (χ1v) is 9.15. The molecule has 1 aliphatic heterocycles. The lowest BCUT2D eigenvalue weighted by molar-refractivity contribution is -0.147. The number of rotatable bonds is 4. The lowest BCUT2D eigenvalue weighted by Crippen LogP contribution is -2.42. The van der Waals surface area contributed by atoms with Crippen LogP contribution in [0.1, 0.15) is 31.2 Å². The van der Waals surface area contributed by atoms with Crippen LogP contribution < -0.4 is 0 Å². The Balaban J connectivity index is 2.22. The van der Waals surface area contributed by atoms with E-state index in [-0.39, 0.29) is 30.6 Å². The van der Waals surface area contributed by atoms with Gasteiger partial charge < -0.3 is 9.47 Å². The molecular weight excluding hydrogens is 346 g/mol. The highest BCUT2D eigenvalue weighted by atomic mass is 16.5. The Bertz CT molecular complexity index is 670. The molecule has 0 aliphatic carbocycles. The number of carbonyl (C=O) groups is 3. The molecular formula is C21H27NO5. The number of ether oxygens (including phenoxy) is 2. The molecule has 0 N–H and O–H groups in total. The van der Waals surface area contributed by atoms with E-state index in [2.05, 4.69) is 0 Å². The Kier molecular flexibility index (Phi) is 8.20. The van der Waals surface area contributed by atoms with Crippen LogP contribution in [0.25, 0.3) is 0 Å². The van der Waals surface area contributed by atoms with Crippen molar-refractivity contribution in [2.24, 2.45) is 5.92 Å². The highest BCUT2D eigenvalue weighted by Crippen LogP contribution is 2.19. The second-order valence-corrected chi connectivity index (χ2v) is 6.65. The Labute approximate surface area is 160 Å². The van der Waals surface area contributed by atoms with E-state index >= 15 is 0 Å². The zero-order valence-electron chi connectivity index (χ0n) is 15.9. The molecule has 6 heteroatoms. The first-order chi connectivity index (χ1) is 13.0. The molecule has 0 bridgehead atoms. The van der Waals surface area contributed by atoms with Crippen LogP contribution in [-0.4, -0.2) is 49.4 Å². The normalized spacial score (nSPS) is 23.1. The van der Waals surface area contributed by atoms with Gasteiger partial charge in [0.2, 0.25) is 0 Å². The molecule has 2 rings (SSSR count). The molecule has 0 aromatic heterocycles. The van der Waals surface area contributed by atoms with Crippen molar-refractivity contribution >= 4 is 17.7 Å². The molecule has 1 aromatic rings. The van der Waals surface area contributed by atoms with Gasteiger partial charge in [0.1, 0.15) is 11.8 Å². The van der Waals surface area contributed by atoms with Crippen LogP contribution in [0.2, 0.25) is 0 Å². The predicted octanol–water partition coefficient (Wildman–Crippen LogP) is 2.52. The summed E-state index contributed by atoms with van der Waals surface area (Å²) < 4.78 is 9.79. The molecule has 1 aliphatic rings. The third-order valence-corrected chi connectivity index (χ3v) is 4.78. The van der Waals surface area contributed by atoms with Crippen molar-refractivity contribution < 1.29 is 23.9 Å². The first-order valence-electron chi connectivity index (χ1n) is 9.15. The van der Waals surface area contributed by atoms with Gasteiger partial charge in [-0.15, -0.1) is 0 Å². The van der Waals surface area contributed by atoms with Crippen molar-refractivity contribution in [3.05, 3.63) is 48.0 Å². The lowest BCUT2D eigenvalue weighted by Gasteiger charge is -2.29. The maximum atomic E-state index is 12.4. The number of benzene rings is 1. The third-order valence-electron chi connectivity index (χ3n) is 4.78. The summed E-state index contributed by atoms with van der Waals surface area (Å²) in [6.07, 6.45) is 5.03. The molecule has 0 radical (unpaired) electrons. The van der Waals surface area contributed by atoms with Gasteiger partial charge in [-0.3, -0.25) is 19.3 Å². The fraction of sp³-hybridized carbons (Fsp3) is 0.476. The Morgan fingerprint density at radius 1 is 1.04 bits per heavy atom. The molecule has 0 spiro atoms.